The van der Waals surface area contributed by atoms with E-state index in [9.17, 15) is 4.39 Å². The van der Waals surface area contributed by atoms with Crippen LogP contribution in [0.25, 0.3) is 10.9 Å². The maximum atomic E-state index is 13.9. The van der Waals surface area contributed by atoms with Crippen LogP contribution in [0.2, 0.25) is 0 Å². The van der Waals surface area contributed by atoms with Crippen LogP contribution in [0.3, 0.4) is 0 Å². The fourth-order valence-corrected chi connectivity index (χ4v) is 2.81. The van der Waals surface area contributed by atoms with Gasteiger partial charge in [-0.15, -0.1) is 0 Å². The Morgan fingerprint density at radius 1 is 1.17 bits per heavy atom. The first-order chi connectivity index (χ1) is 14.3. The minimum atomic E-state index is -2.62. The predicted molar refractivity (Wildman–Crippen MR) is 115 cm³/mol. The maximum Gasteiger partial charge on any atom is 0.229 e. The molecule has 156 valence electrons. The lowest BCUT2D eigenvalue weighted by molar-refractivity contribution is 0.616. The van der Waals surface area contributed by atoms with Gasteiger partial charge in [0.1, 0.15) is 17.2 Å². The van der Waals surface area contributed by atoms with Gasteiger partial charge in [-0.1, -0.05) is 18.2 Å². The SMILES string of the molecule is Cc1cccc(Nc2nccc(N(C)c3n[nH]c4c(F)cccc34)n2)c1.N[SH](=O)=O. The van der Waals surface area contributed by atoms with Gasteiger partial charge in [-0.05, 0) is 42.8 Å². The van der Waals surface area contributed by atoms with Crippen LogP contribution in [0.15, 0.2) is 54.7 Å². The van der Waals surface area contributed by atoms with Gasteiger partial charge in [-0.2, -0.15) is 10.1 Å². The molecule has 0 fully saturated rings. The summed E-state index contributed by atoms with van der Waals surface area (Å²) < 4.78 is 31.5. The molecule has 4 rings (SSSR count). The average molecular weight is 429 g/mol. The zero-order valence-electron chi connectivity index (χ0n) is 16.2. The highest BCUT2D eigenvalue weighted by Gasteiger charge is 2.15. The second-order valence-electron chi connectivity index (χ2n) is 6.29. The van der Waals surface area contributed by atoms with E-state index in [-0.39, 0.29) is 5.82 Å². The fraction of sp³-hybridized carbons (Fsp3) is 0.105. The average Bonchev–Trinajstić information content (AvgIpc) is 3.13. The van der Waals surface area contributed by atoms with Crippen molar-refractivity contribution in [2.75, 3.05) is 17.3 Å². The van der Waals surface area contributed by atoms with Crippen LogP contribution in [-0.4, -0.2) is 35.6 Å². The number of aryl methyl sites for hydroxylation is 1. The van der Waals surface area contributed by atoms with Crippen LogP contribution >= 0.6 is 0 Å². The number of nitrogens with two attached hydrogens (primary N) is 1. The summed E-state index contributed by atoms with van der Waals surface area (Å²) in [5.41, 5.74) is 2.44. The minimum Gasteiger partial charge on any atom is -0.324 e. The Balaban J connectivity index is 0.000000589. The van der Waals surface area contributed by atoms with E-state index in [1.54, 1.807) is 23.2 Å². The standard InChI is InChI=1S/C19H17FN6.H3NO2S/c1-12-5-3-6-13(11-12)22-19-21-10-9-16(23-19)26(2)18-14-7-4-8-15(20)17(14)24-25-18;1-4(2)3/h3-11H,1-2H3,(H,24,25)(H,21,22,23);4H,(H2,1,2,3). The van der Waals surface area contributed by atoms with Gasteiger partial charge >= 0.3 is 0 Å². The molecule has 2 heterocycles. The van der Waals surface area contributed by atoms with Crippen molar-refractivity contribution in [2.24, 2.45) is 5.14 Å². The topological polar surface area (TPSA) is 130 Å². The Morgan fingerprint density at radius 3 is 2.63 bits per heavy atom. The predicted octanol–water partition coefficient (Wildman–Crippen LogP) is 2.78. The quantitative estimate of drug-likeness (QED) is 0.367. The Labute approximate surface area is 173 Å². The number of aromatic nitrogens is 4. The molecule has 4 N–H and O–H groups in total. The number of H-pyrrole nitrogens is 1. The third kappa shape index (κ3) is 5.07. The number of para-hydroxylation sites is 1. The molecule has 11 heteroatoms. The third-order valence-electron chi connectivity index (χ3n) is 4.10. The Hall–Kier alpha value is -3.57. The van der Waals surface area contributed by atoms with Crippen molar-refractivity contribution in [1.29, 1.82) is 0 Å². The molecular formula is C19H20FN7O2S. The molecule has 0 aliphatic carbocycles. The highest BCUT2D eigenvalue weighted by atomic mass is 32.2. The highest BCUT2D eigenvalue weighted by Crippen LogP contribution is 2.29. The monoisotopic (exact) mass is 429 g/mol. The molecule has 0 unspecified atom stereocenters. The van der Waals surface area contributed by atoms with Crippen LogP contribution in [-0.2, 0) is 10.9 Å². The van der Waals surface area contributed by atoms with Gasteiger partial charge in [0.15, 0.2) is 16.7 Å². The van der Waals surface area contributed by atoms with E-state index in [4.69, 9.17) is 8.42 Å². The van der Waals surface area contributed by atoms with Crippen LogP contribution in [0.1, 0.15) is 5.56 Å². The van der Waals surface area contributed by atoms with Gasteiger partial charge in [-0.25, -0.2) is 22.9 Å². The number of nitrogens with zero attached hydrogens (tertiary/aromatic N) is 4. The molecule has 30 heavy (non-hydrogen) atoms. The number of benzene rings is 2. The summed E-state index contributed by atoms with van der Waals surface area (Å²) in [4.78, 5) is 10.6. The molecule has 0 radical (unpaired) electrons. The lowest BCUT2D eigenvalue weighted by atomic mass is 10.2. The number of rotatable bonds is 4. The molecule has 0 atom stereocenters. The van der Waals surface area contributed by atoms with Crippen molar-refractivity contribution in [1.82, 2.24) is 20.2 Å². The van der Waals surface area contributed by atoms with Gasteiger partial charge in [0, 0.05) is 24.3 Å². The maximum absolute atomic E-state index is 13.9. The second kappa shape index (κ2) is 9.29. The summed E-state index contributed by atoms with van der Waals surface area (Å²) in [5, 5.41) is 14.9. The molecule has 2 aromatic heterocycles. The van der Waals surface area contributed by atoms with Crippen molar-refractivity contribution in [3.05, 3.63) is 66.1 Å². The lowest BCUT2D eigenvalue weighted by Crippen LogP contribution is -2.13. The smallest absolute Gasteiger partial charge is 0.229 e. The summed E-state index contributed by atoms with van der Waals surface area (Å²) in [5.74, 6) is 1.39. The first-order valence-corrected chi connectivity index (χ1v) is 10.0. The van der Waals surface area contributed by atoms with Crippen molar-refractivity contribution in [2.45, 2.75) is 6.92 Å². The summed E-state index contributed by atoms with van der Waals surface area (Å²) in [6.07, 6.45) is 1.67. The number of nitrogens with one attached hydrogen (secondary N) is 2. The van der Waals surface area contributed by atoms with Gasteiger partial charge in [0.2, 0.25) is 5.95 Å². The number of fused-ring (bicyclic) bond motifs is 1. The Kier molecular flexibility index (Phi) is 6.54. The van der Waals surface area contributed by atoms with Crippen LogP contribution in [0, 0.1) is 12.7 Å². The molecule has 0 aliphatic rings. The molecule has 0 bridgehead atoms. The Bertz CT molecular complexity index is 1230. The van der Waals surface area contributed by atoms with Gasteiger partial charge in [0.25, 0.3) is 0 Å². The van der Waals surface area contributed by atoms with E-state index >= 15 is 0 Å². The third-order valence-corrected chi connectivity index (χ3v) is 4.10. The summed E-state index contributed by atoms with van der Waals surface area (Å²) >= 11 is 0. The largest absolute Gasteiger partial charge is 0.324 e. The van der Waals surface area contributed by atoms with Gasteiger partial charge < -0.3 is 10.2 Å². The molecule has 0 spiro atoms. The number of hydrogen-bond donors (Lipinski definition) is 4. The molecule has 9 nitrogen and oxygen atoms in total. The van der Waals surface area contributed by atoms with Crippen LogP contribution in [0.5, 0.6) is 0 Å². The molecular weight excluding hydrogens is 409 g/mol. The second-order valence-corrected chi connectivity index (χ2v) is 6.86. The molecule has 0 saturated carbocycles. The van der Waals surface area contributed by atoms with E-state index in [0.29, 0.717) is 28.5 Å². The normalized spacial score (nSPS) is 10.6. The first kappa shape index (κ1) is 21.1. The first-order valence-electron chi connectivity index (χ1n) is 8.77. The van der Waals surface area contributed by atoms with Gasteiger partial charge in [-0.3, -0.25) is 5.10 Å². The number of thiol groups is 1. The number of hydrogen-bond acceptors (Lipinski definition) is 7. The lowest BCUT2D eigenvalue weighted by Gasteiger charge is -2.16. The molecule has 4 aromatic rings. The number of anilines is 4. The van der Waals surface area contributed by atoms with E-state index in [2.05, 4.69) is 30.6 Å². The zero-order valence-corrected chi connectivity index (χ0v) is 17.1. The van der Waals surface area contributed by atoms with E-state index in [0.717, 1.165) is 11.3 Å². The molecule has 0 aliphatic heterocycles. The fourth-order valence-electron chi connectivity index (χ4n) is 2.81. The molecule has 2 aromatic carbocycles. The van der Waals surface area contributed by atoms with Crippen molar-refractivity contribution in [3.8, 4) is 0 Å². The van der Waals surface area contributed by atoms with Gasteiger partial charge in [0.05, 0.1) is 0 Å². The summed E-state index contributed by atoms with van der Waals surface area (Å²) in [6.45, 7) is 2.03. The Morgan fingerprint density at radius 2 is 1.90 bits per heavy atom. The highest BCUT2D eigenvalue weighted by molar-refractivity contribution is 7.69. The molecule has 0 amide bonds. The van der Waals surface area contributed by atoms with Crippen molar-refractivity contribution >= 4 is 45.1 Å². The van der Waals surface area contributed by atoms with E-state index in [1.165, 1.54) is 6.07 Å². The molecule has 0 saturated heterocycles. The van der Waals surface area contributed by atoms with Crippen molar-refractivity contribution < 1.29 is 12.8 Å². The summed E-state index contributed by atoms with van der Waals surface area (Å²) in [6, 6.07) is 14.6. The van der Waals surface area contributed by atoms with Crippen LogP contribution < -0.4 is 15.4 Å². The zero-order chi connectivity index (χ0) is 21.7. The number of aromatic amines is 1. The minimum absolute atomic E-state index is 0.334. The van der Waals surface area contributed by atoms with Crippen LogP contribution in [0.4, 0.5) is 27.7 Å². The van der Waals surface area contributed by atoms with Crippen molar-refractivity contribution in [3.63, 3.8) is 0 Å². The van der Waals surface area contributed by atoms with E-state index < -0.39 is 10.9 Å². The van der Waals surface area contributed by atoms with E-state index in [1.807, 2.05) is 44.3 Å². The summed E-state index contributed by atoms with van der Waals surface area (Å²) in [7, 11) is -0.788. The number of halogens is 1.